The zero-order valence-corrected chi connectivity index (χ0v) is 17.5. The van der Waals surface area contributed by atoms with Crippen LogP contribution in [0.15, 0.2) is 18.2 Å². The maximum Gasteiger partial charge on any atom is 0.547 e. The second-order valence-electron chi connectivity index (χ2n) is 7.85. The number of amides is 1. The van der Waals surface area contributed by atoms with Gasteiger partial charge in [-0.05, 0) is 55.9 Å². The van der Waals surface area contributed by atoms with Gasteiger partial charge in [-0.1, -0.05) is 12.1 Å². The molecular weight excluding hydrogens is 391 g/mol. The van der Waals surface area contributed by atoms with E-state index in [0.29, 0.717) is 30.4 Å². The summed E-state index contributed by atoms with van der Waals surface area (Å²) in [6.45, 7) is 1.03. The van der Waals surface area contributed by atoms with Crippen LogP contribution < -0.4 is 15.3 Å². The lowest BCUT2D eigenvalue weighted by Gasteiger charge is -2.31. The molecule has 1 saturated carbocycles. The number of hydrogen-bond donors (Lipinski definition) is 4. The third kappa shape index (κ3) is 5.90. The van der Waals surface area contributed by atoms with Gasteiger partial charge in [0, 0.05) is 24.8 Å². The van der Waals surface area contributed by atoms with Crippen LogP contribution >= 0.6 is 11.8 Å². The van der Waals surface area contributed by atoms with Crippen LogP contribution in [-0.2, 0) is 11.2 Å². The van der Waals surface area contributed by atoms with E-state index in [9.17, 15) is 19.7 Å². The largest absolute Gasteiger partial charge is 0.547 e. The molecule has 9 heteroatoms. The summed E-state index contributed by atoms with van der Waals surface area (Å²) in [6, 6.07) is 5.40. The van der Waals surface area contributed by atoms with Crippen LogP contribution in [0, 0.1) is 5.92 Å². The number of thioether (sulfide) groups is 1. The highest BCUT2D eigenvalue weighted by Gasteiger charge is 2.38. The number of carbonyl (C=O) groups excluding carboxylic acids is 1. The summed E-state index contributed by atoms with van der Waals surface area (Å²) >= 11 is 1.84. The fourth-order valence-electron chi connectivity index (χ4n) is 4.18. The summed E-state index contributed by atoms with van der Waals surface area (Å²) in [5.41, 5.74) is 0.701. The Kier molecular flexibility index (Phi) is 7.86. The van der Waals surface area contributed by atoms with Gasteiger partial charge >= 0.3 is 13.1 Å². The predicted octanol–water partition coefficient (Wildman–Crippen LogP) is 1.73. The molecule has 1 atom stereocenters. The lowest BCUT2D eigenvalue weighted by Crippen LogP contribution is -2.53. The molecule has 0 aromatic heterocycles. The molecular formula is C20H29BN2O5S. The fourth-order valence-corrected chi connectivity index (χ4v) is 4.50. The number of rotatable bonds is 8. The van der Waals surface area contributed by atoms with E-state index in [0.717, 1.165) is 38.0 Å². The molecule has 29 heavy (non-hydrogen) atoms. The smallest absolute Gasteiger partial charge is 0.534 e. The Morgan fingerprint density at radius 1 is 1.28 bits per heavy atom. The zero-order chi connectivity index (χ0) is 20.8. The van der Waals surface area contributed by atoms with Crippen LogP contribution in [0.3, 0.4) is 0 Å². The maximum absolute atomic E-state index is 12.5. The van der Waals surface area contributed by atoms with Gasteiger partial charge in [-0.2, -0.15) is 11.8 Å². The number of carboxylic acid groups (broad SMARTS) is 1. The molecule has 0 radical (unpaired) electrons. The van der Waals surface area contributed by atoms with Crippen LogP contribution in [0.4, 0.5) is 0 Å². The van der Waals surface area contributed by atoms with E-state index < -0.39 is 19.0 Å². The number of carboxylic acids is 1. The molecule has 1 amide bonds. The lowest BCUT2D eigenvalue weighted by molar-refractivity contribution is -0.122. The molecule has 158 valence electrons. The Balaban J connectivity index is 1.48. The highest BCUT2D eigenvalue weighted by Crippen LogP contribution is 2.31. The molecule has 3 rings (SSSR count). The number of hydrogen-bond acceptors (Lipinski definition) is 6. The van der Waals surface area contributed by atoms with Crippen molar-refractivity contribution in [2.75, 3.05) is 18.6 Å². The van der Waals surface area contributed by atoms with Crippen LogP contribution in [0.25, 0.3) is 0 Å². The highest BCUT2D eigenvalue weighted by atomic mass is 32.2. The Labute approximate surface area is 176 Å². The van der Waals surface area contributed by atoms with Crippen LogP contribution in [0.2, 0.25) is 0 Å². The minimum Gasteiger partial charge on any atom is -0.534 e. The third-order valence-electron chi connectivity index (χ3n) is 5.76. The molecule has 1 aromatic carbocycles. The van der Waals surface area contributed by atoms with Crippen molar-refractivity contribution >= 4 is 30.8 Å². The summed E-state index contributed by atoms with van der Waals surface area (Å²) in [4.78, 5) is 23.8. The molecule has 0 saturated heterocycles. The van der Waals surface area contributed by atoms with Gasteiger partial charge in [-0.15, -0.1) is 0 Å². The molecule has 0 bridgehead atoms. The van der Waals surface area contributed by atoms with Crippen molar-refractivity contribution in [2.45, 2.75) is 50.5 Å². The van der Waals surface area contributed by atoms with Gasteiger partial charge < -0.3 is 25.4 Å². The van der Waals surface area contributed by atoms with Crippen LogP contribution in [0.5, 0.6) is 5.75 Å². The Bertz CT molecular complexity index is 727. The predicted molar refractivity (Wildman–Crippen MR) is 114 cm³/mol. The van der Waals surface area contributed by atoms with E-state index in [2.05, 4.69) is 16.9 Å². The molecule has 1 aliphatic heterocycles. The molecule has 1 aliphatic carbocycles. The molecule has 7 nitrogen and oxygen atoms in total. The fraction of sp³-hybridized carbons (Fsp3) is 0.600. The van der Waals surface area contributed by atoms with E-state index in [1.54, 1.807) is 12.1 Å². The minimum absolute atomic E-state index is 0.0224. The third-order valence-corrected chi connectivity index (χ3v) is 6.37. The molecule has 2 aliphatic rings. The van der Waals surface area contributed by atoms with E-state index in [1.165, 1.54) is 6.07 Å². The van der Waals surface area contributed by atoms with Crippen molar-refractivity contribution in [3.63, 3.8) is 0 Å². The molecule has 1 fully saturated rings. The number of benzene rings is 1. The van der Waals surface area contributed by atoms with Gasteiger partial charge in [0.05, 0.1) is 11.5 Å². The Morgan fingerprint density at radius 3 is 2.72 bits per heavy atom. The summed E-state index contributed by atoms with van der Waals surface area (Å²) in [5.74, 6) is -0.107. The topological polar surface area (TPSA) is 108 Å². The van der Waals surface area contributed by atoms with E-state index in [-0.39, 0.29) is 17.2 Å². The number of nitrogens with one attached hydrogen (secondary N) is 2. The second kappa shape index (κ2) is 10.4. The summed E-state index contributed by atoms with van der Waals surface area (Å²) < 4.78 is 5.44. The lowest BCUT2D eigenvalue weighted by atomic mass is 9.72. The maximum atomic E-state index is 12.5. The zero-order valence-electron chi connectivity index (χ0n) is 16.7. The van der Waals surface area contributed by atoms with E-state index >= 15 is 0 Å². The van der Waals surface area contributed by atoms with Crippen molar-refractivity contribution in [3.8, 4) is 5.75 Å². The first kappa shape index (κ1) is 22.0. The highest BCUT2D eigenvalue weighted by molar-refractivity contribution is 7.98. The van der Waals surface area contributed by atoms with Crippen molar-refractivity contribution in [3.05, 3.63) is 29.3 Å². The first-order valence-corrected chi connectivity index (χ1v) is 11.6. The van der Waals surface area contributed by atoms with Crippen molar-refractivity contribution in [2.24, 2.45) is 5.92 Å². The van der Waals surface area contributed by atoms with Crippen molar-refractivity contribution < 1.29 is 24.4 Å². The van der Waals surface area contributed by atoms with Gasteiger partial charge in [-0.3, -0.25) is 4.79 Å². The molecule has 1 aromatic rings. The van der Waals surface area contributed by atoms with Gasteiger partial charge in [0.2, 0.25) is 5.91 Å². The number of carbonyl (C=O) groups is 2. The van der Waals surface area contributed by atoms with Crippen LogP contribution in [-0.4, -0.2) is 59.7 Å². The Hall–Kier alpha value is -1.71. The SMILES string of the molecule is CSCCNC1CCC(CC(=O)N[C@H]2Cc3cccc(C(=O)O)c3OB2O)CC1. The van der Waals surface area contributed by atoms with Gasteiger partial charge in [0.1, 0.15) is 5.75 Å². The molecule has 0 unspecified atom stereocenters. The standard InChI is InChI=1S/C20H29BN2O5S/c1-29-10-9-22-15-7-5-13(6-8-15)11-18(24)23-17-12-14-3-2-4-16(20(25)26)19(14)28-21(17)27/h2-4,13,15,17,22,27H,5-12H2,1H3,(H,23,24)(H,25,26)/t13?,15?,17-/m0/s1. The molecule has 1 heterocycles. The second-order valence-corrected chi connectivity index (χ2v) is 8.84. The normalized spacial score (nSPS) is 23.8. The van der Waals surface area contributed by atoms with E-state index in [1.807, 2.05) is 11.8 Å². The minimum atomic E-state index is -1.26. The summed E-state index contributed by atoms with van der Waals surface area (Å²) in [6.07, 6.45) is 7.13. The van der Waals surface area contributed by atoms with E-state index in [4.69, 9.17) is 4.65 Å². The number of para-hydroxylation sites is 1. The Morgan fingerprint density at radius 2 is 2.03 bits per heavy atom. The number of fused-ring (bicyclic) bond motifs is 1. The average molecular weight is 420 g/mol. The van der Waals surface area contributed by atoms with Crippen molar-refractivity contribution in [1.82, 2.24) is 10.6 Å². The quantitative estimate of drug-likeness (QED) is 0.375. The molecule has 0 spiro atoms. The van der Waals surface area contributed by atoms with Crippen LogP contribution in [0.1, 0.15) is 48.0 Å². The average Bonchev–Trinajstić information content (AvgIpc) is 2.69. The summed E-state index contributed by atoms with van der Waals surface area (Å²) in [5, 5.41) is 26.0. The van der Waals surface area contributed by atoms with Gasteiger partial charge in [-0.25, -0.2) is 4.79 Å². The van der Waals surface area contributed by atoms with Crippen molar-refractivity contribution in [1.29, 1.82) is 0 Å². The monoisotopic (exact) mass is 420 g/mol. The first-order chi connectivity index (χ1) is 14.0. The molecule has 4 N–H and O–H groups in total. The number of aromatic carboxylic acids is 1. The van der Waals surface area contributed by atoms with Gasteiger partial charge in [0.15, 0.2) is 0 Å². The van der Waals surface area contributed by atoms with Gasteiger partial charge in [0.25, 0.3) is 0 Å². The summed E-state index contributed by atoms with van der Waals surface area (Å²) in [7, 11) is -1.26. The first-order valence-electron chi connectivity index (χ1n) is 10.2.